The molecule has 1 atom stereocenters. The van der Waals surface area contributed by atoms with Gasteiger partial charge in [-0.05, 0) is 5.56 Å². The number of anilines is 2. The number of rotatable bonds is 1. The number of nitrogens with two attached hydrogens (primary N) is 1. The SMILES string of the molecule is Nc1nc2n(n1)C(=O)C[C@H](c1ccccc1)N2. The van der Waals surface area contributed by atoms with E-state index in [0.29, 0.717) is 12.4 Å². The van der Waals surface area contributed by atoms with Crippen LogP contribution in [0.3, 0.4) is 0 Å². The summed E-state index contributed by atoms with van der Waals surface area (Å²) in [5.74, 6) is 0.416. The van der Waals surface area contributed by atoms with Crippen LogP contribution in [0.5, 0.6) is 0 Å². The molecule has 0 saturated heterocycles. The molecule has 0 aliphatic carbocycles. The lowest BCUT2D eigenvalue weighted by atomic mass is 10.0. The van der Waals surface area contributed by atoms with Gasteiger partial charge in [0.15, 0.2) is 0 Å². The average Bonchev–Trinajstić information content (AvgIpc) is 2.71. The molecular formula is C11H11N5O. The van der Waals surface area contributed by atoms with Crippen molar-refractivity contribution in [1.29, 1.82) is 0 Å². The Morgan fingerprint density at radius 2 is 2.12 bits per heavy atom. The molecule has 1 aliphatic heterocycles. The van der Waals surface area contributed by atoms with E-state index < -0.39 is 0 Å². The van der Waals surface area contributed by atoms with Gasteiger partial charge in [-0.3, -0.25) is 4.79 Å². The van der Waals surface area contributed by atoms with Gasteiger partial charge in [-0.1, -0.05) is 30.3 Å². The predicted molar refractivity (Wildman–Crippen MR) is 62.5 cm³/mol. The van der Waals surface area contributed by atoms with E-state index in [-0.39, 0.29) is 17.9 Å². The van der Waals surface area contributed by atoms with Crippen LogP contribution < -0.4 is 11.1 Å². The van der Waals surface area contributed by atoms with Crippen LogP contribution in [0.25, 0.3) is 0 Å². The number of nitrogens with zero attached hydrogens (tertiary/aromatic N) is 3. The molecule has 1 aromatic carbocycles. The van der Waals surface area contributed by atoms with E-state index >= 15 is 0 Å². The third-order valence-corrected chi connectivity index (χ3v) is 2.74. The lowest BCUT2D eigenvalue weighted by Gasteiger charge is -2.23. The molecule has 17 heavy (non-hydrogen) atoms. The van der Waals surface area contributed by atoms with Gasteiger partial charge in [0.2, 0.25) is 11.9 Å². The van der Waals surface area contributed by atoms with Crippen LogP contribution in [0.4, 0.5) is 11.9 Å². The molecule has 2 aromatic rings. The number of nitrogen functional groups attached to an aromatic ring is 1. The minimum Gasteiger partial charge on any atom is -0.366 e. The van der Waals surface area contributed by atoms with Crippen LogP contribution in [-0.4, -0.2) is 20.7 Å². The number of fused-ring (bicyclic) bond motifs is 1. The zero-order valence-corrected chi connectivity index (χ0v) is 9.00. The van der Waals surface area contributed by atoms with E-state index in [1.807, 2.05) is 30.3 Å². The van der Waals surface area contributed by atoms with Gasteiger partial charge in [0.25, 0.3) is 5.91 Å². The van der Waals surface area contributed by atoms with Crippen molar-refractivity contribution >= 4 is 17.8 Å². The first-order valence-corrected chi connectivity index (χ1v) is 5.31. The lowest BCUT2D eigenvalue weighted by Crippen LogP contribution is -2.28. The highest BCUT2D eigenvalue weighted by Crippen LogP contribution is 2.27. The summed E-state index contributed by atoms with van der Waals surface area (Å²) in [5.41, 5.74) is 6.52. The molecule has 0 bridgehead atoms. The van der Waals surface area contributed by atoms with Crippen molar-refractivity contribution in [1.82, 2.24) is 14.8 Å². The average molecular weight is 229 g/mol. The molecule has 86 valence electrons. The largest absolute Gasteiger partial charge is 0.366 e. The minimum atomic E-state index is -0.100. The molecule has 0 amide bonds. The number of hydrogen-bond acceptors (Lipinski definition) is 5. The fraction of sp³-hybridized carbons (Fsp3) is 0.182. The molecule has 3 rings (SSSR count). The van der Waals surface area contributed by atoms with Crippen molar-refractivity contribution in [3.63, 3.8) is 0 Å². The maximum absolute atomic E-state index is 11.8. The van der Waals surface area contributed by atoms with E-state index in [0.717, 1.165) is 5.56 Å². The van der Waals surface area contributed by atoms with Gasteiger partial charge in [-0.15, -0.1) is 5.10 Å². The van der Waals surface area contributed by atoms with Crippen LogP contribution in [0, 0.1) is 0 Å². The van der Waals surface area contributed by atoms with Gasteiger partial charge in [-0.25, -0.2) is 0 Å². The van der Waals surface area contributed by atoms with Crippen molar-refractivity contribution in [3.05, 3.63) is 35.9 Å². The second-order valence-electron chi connectivity index (χ2n) is 3.91. The molecule has 1 aliphatic rings. The zero-order valence-electron chi connectivity index (χ0n) is 9.00. The van der Waals surface area contributed by atoms with Crippen LogP contribution in [0.15, 0.2) is 30.3 Å². The summed E-state index contributed by atoms with van der Waals surface area (Å²) in [5, 5.41) is 6.98. The molecular weight excluding hydrogens is 218 g/mol. The van der Waals surface area contributed by atoms with Gasteiger partial charge >= 0.3 is 0 Å². The Morgan fingerprint density at radius 1 is 1.35 bits per heavy atom. The fourth-order valence-electron chi connectivity index (χ4n) is 1.95. The van der Waals surface area contributed by atoms with E-state index in [1.165, 1.54) is 4.68 Å². The summed E-state index contributed by atoms with van der Waals surface area (Å²) in [7, 11) is 0. The molecule has 0 fully saturated rings. The summed E-state index contributed by atoms with van der Waals surface area (Å²) in [4.78, 5) is 15.8. The van der Waals surface area contributed by atoms with Gasteiger partial charge < -0.3 is 11.1 Å². The monoisotopic (exact) mass is 229 g/mol. The Kier molecular flexibility index (Phi) is 2.07. The van der Waals surface area contributed by atoms with Crippen LogP contribution in [0.1, 0.15) is 22.8 Å². The Morgan fingerprint density at radius 3 is 2.88 bits per heavy atom. The summed E-state index contributed by atoms with van der Waals surface area (Å²) < 4.78 is 1.22. The van der Waals surface area contributed by atoms with E-state index in [1.54, 1.807) is 0 Å². The Bertz CT molecular complexity index is 562. The molecule has 6 nitrogen and oxygen atoms in total. The van der Waals surface area contributed by atoms with E-state index in [9.17, 15) is 4.79 Å². The van der Waals surface area contributed by atoms with E-state index in [2.05, 4.69) is 15.4 Å². The minimum absolute atomic E-state index is 0.0696. The Labute approximate surface area is 97.5 Å². The van der Waals surface area contributed by atoms with Gasteiger partial charge in [0.1, 0.15) is 0 Å². The second kappa shape index (κ2) is 3.58. The maximum atomic E-state index is 11.8. The lowest BCUT2D eigenvalue weighted by molar-refractivity contribution is 0.0872. The molecule has 1 aromatic heterocycles. The number of carbonyl (C=O) groups is 1. The Balaban J connectivity index is 1.96. The third kappa shape index (κ3) is 1.63. The Hall–Kier alpha value is -2.37. The number of carbonyl (C=O) groups excluding carboxylic acids is 1. The van der Waals surface area contributed by atoms with Crippen molar-refractivity contribution < 1.29 is 4.79 Å². The van der Waals surface area contributed by atoms with Crippen molar-refractivity contribution in [2.24, 2.45) is 0 Å². The highest BCUT2D eigenvalue weighted by Gasteiger charge is 2.27. The fourth-order valence-corrected chi connectivity index (χ4v) is 1.95. The van der Waals surface area contributed by atoms with Gasteiger partial charge in [0.05, 0.1) is 12.5 Å². The standard InChI is InChI=1S/C11H11N5O/c12-10-14-11-13-8(6-9(17)16(11)15-10)7-4-2-1-3-5-7/h1-5,8H,6H2,(H3,12,13,14,15)/t8-/m1/s1. The highest BCUT2D eigenvalue weighted by molar-refractivity contribution is 5.84. The second-order valence-corrected chi connectivity index (χ2v) is 3.91. The van der Waals surface area contributed by atoms with Gasteiger partial charge in [0, 0.05) is 0 Å². The smallest absolute Gasteiger partial charge is 0.252 e. The molecule has 6 heteroatoms. The molecule has 0 unspecified atom stereocenters. The first-order valence-electron chi connectivity index (χ1n) is 5.31. The number of benzene rings is 1. The normalized spacial score (nSPS) is 18.6. The van der Waals surface area contributed by atoms with Gasteiger partial charge in [-0.2, -0.15) is 9.67 Å². The highest BCUT2D eigenvalue weighted by atomic mass is 16.2. The quantitative estimate of drug-likeness (QED) is 0.763. The van der Waals surface area contributed by atoms with Crippen LogP contribution in [-0.2, 0) is 0 Å². The number of nitrogens with one attached hydrogen (secondary N) is 1. The third-order valence-electron chi connectivity index (χ3n) is 2.74. The summed E-state index contributed by atoms with van der Waals surface area (Å²) >= 11 is 0. The summed E-state index contributed by atoms with van der Waals surface area (Å²) in [6.07, 6.45) is 0.347. The molecule has 0 spiro atoms. The first-order chi connectivity index (χ1) is 8.24. The molecule has 2 heterocycles. The number of aromatic nitrogens is 3. The molecule has 0 saturated carbocycles. The van der Waals surface area contributed by atoms with Crippen LogP contribution >= 0.6 is 0 Å². The zero-order chi connectivity index (χ0) is 11.8. The maximum Gasteiger partial charge on any atom is 0.252 e. The van der Waals surface area contributed by atoms with Crippen molar-refractivity contribution in [2.75, 3.05) is 11.1 Å². The molecule has 3 N–H and O–H groups in total. The van der Waals surface area contributed by atoms with Crippen molar-refractivity contribution in [2.45, 2.75) is 12.5 Å². The summed E-state index contributed by atoms with van der Waals surface area (Å²) in [6.45, 7) is 0. The van der Waals surface area contributed by atoms with Crippen LogP contribution in [0.2, 0.25) is 0 Å². The first kappa shape index (κ1) is 9.83. The topological polar surface area (TPSA) is 85.8 Å². The predicted octanol–water partition coefficient (Wildman–Crippen LogP) is 1.06. The molecule has 0 radical (unpaired) electrons. The number of hydrogen-bond donors (Lipinski definition) is 2. The summed E-state index contributed by atoms with van der Waals surface area (Å²) in [6, 6.07) is 9.69. The van der Waals surface area contributed by atoms with E-state index in [4.69, 9.17) is 5.73 Å². The van der Waals surface area contributed by atoms with Crippen molar-refractivity contribution in [3.8, 4) is 0 Å².